The van der Waals surface area contributed by atoms with Crippen molar-refractivity contribution in [3.05, 3.63) is 29.8 Å². The van der Waals surface area contributed by atoms with Crippen molar-refractivity contribution in [1.29, 1.82) is 5.26 Å². The van der Waals surface area contributed by atoms with Gasteiger partial charge in [-0.25, -0.2) is 4.98 Å². The van der Waals surface area contributed by atoms with Gasteiger partial charge in [0.1, 0.15) is 5.54 Å². The number of hydrogen-bond acceptors (Lipinski definition) is 3. The molecule has 2 rings (SSSR count). The van der Waals surface area contributed by atoms with Crippen molar-refractivity contribution in [3.8, 4) is 6.07 Å². The van der Waals surface area contributed by atoms with E-state index in [9.17, 15) is 14.4 Å². The van der Waals surface area contributed by atoms with Crippen molar-refractivity contribution in [2.75, 3.05) is 0 Å². The van der Waals surface area contributed by atoms with E-state index in [2.05, 4.69) is 16.4 Å². The molecule has 1 aliphatic rings. The fraction of sp³-hybridized carbons (Fsp3) is 0.500. The Morgan fingerprint density at radius 3 is 2.63 bits per heavy atom. The van der Waals surface area contributed by atoms with E-state index in [1.807, 2.05) is 0 Å². The van der Waals surface area contributed by atoms with Gasteiger partial charge in [0.05, 0.1) is 6.07 Å². The van der Waals surface area contributed by atoms with Gasteiger partial charge in [-0.1, -0.05) is 25.7 Å². The summed E-state index contributed by atoms with van der Waals surface area (Å²) < 4.78 is 13.0. The van der Waals surface area contributed by atoms with E-state index in [4.69, 9.17) is 0 Å². The van der Waals surface area contributed by atoms with Crippen LogP contribution in [0.5, 0.6) is 0 Å². The van der Waals surface area contributed by atoms with Crippen LogP contribution in [0.25, 0.3) is 0 Å². The Morgan fingerprint density at radius 2 is 2.05 bits per heavy atom. The monoisotopic (exact) mass is 261 g/mol. The van der Waals surface area contributed by atoms with Crippen LogP contribution < -0.4 is 5.32 Å². The summed E-state index contributed by atoms with van der Waals surface area (Å²) in [4.78, 5) is 15.5. The van der Waals surface area contributed by atoms with Gasteiger partial charge < -0.3 is 5.32 Å². The Morgan fingerprint density at radius 1 is 1.37 bits per heavy atom. The van der Waals surface area contributed by atoms with Crippen LogP contribution in [0.1, 0.15) is 48.9 Å². The maximum atomic E-state index is 13.0. The maximum absolute atomic E-state index is 13.0. The van der Waals surface area contributed by atoms with Crippen molar-refractivity contribution >= 4 is 5.91 Å². The lowest BCUT2D eigenvalue weighted by Gasteiger charge is -2.26. The van der Waals surface area contributed by atoms with E-state index in [0.29, 0.717) is 12.8 Å². The molecule has 1 fully saturated rings. The SMILES string of the molecule is N#CC1(NC(=O)c2ccnc(F)c2)CCCCCC1. The van der Waals surface area contributed by atoms with Crippen LogP contribution in [-0.2, 0) is 0 Å². The summed E-state index contributed by atoms with van der Waals surface area (Å²) in [6, 6.07) is 4.76. The van der Waals surface area contributed by atoms with Crippen LogP contribution in [0.2, 0.25) is 0 Å². The first-order chi connectivity index (χ1) is 9.15. The Bertz CT molecular complexity index is 502. The second-order valence-corrected chi connectivity index (χ2v) is 4.93. The number of carbonyl (C=O) groups is 1. The number of amides is 1. The van der Waals surface area contributed by atoms with Crippen molar-refractivity contribution in [2.45, 2.75) is 44.1 Å². The quantitative estimate of drug-likeness (QED) is 0.657. The van der Waals surface area contributed by atoms with Crippen molar-refractivity contribution < 1.29 is 9.18 Å². The third-order valence-corrected chi connectivity index (χ3v) is 3.51. The lowest BCUT2D eigenvalue weighted by atomic mass is 9.91. The first-order valence-electron chi connectivity index (χ1n) is 6.50. The van der Waals surface area contributed by atoms with E-state index in [1.165, 1.54) is 12.3 Å². The normalized spacial score (nSPS) is 18.1. The summed E-state index contributed by atoms with van der Waals surface area (Å²) >= 11 is 0. The highest BCUT2D eigenvalue weighted by Crippen LogP contribution is 2.26. The molecule has 1 heterocycles. The smallest absolute Gasteiger partial charge is 0.252 e. The number of nitriles is 1. The molecule has 1 amide bonds. The molecule has 0 aromatic carbocycles. The maximum Gasteiger partial charge on any atom is 0.252 e. The molecule has 1 aliphatic carbocycles. The molecule has 19 heavy (non-hydrogen) atoms. The molecule has 1 aromatic rings. The zero-order valence-electron chi connectivity index (χ0n) is 10.7. The summed E-state index contributed by atoms with van der Waals surface area (Å²) in [6.07, 6.45) is 6.59. The third-order valence-electron chi connectivity index (χ3n) is 3.51. The Hall–Kier alpha value is -1.96. The highest BCUT2D eigenvalue weighted by atomic mass is 19.1. The molecule has 0 bridgehead atoms. The molecule has 5 heteroatoms. The molecule has 0 spiro atoms. The fourth-order valence-electron chi connectivity index (χ4n) is 2.43. The van der Waals surface area contributed by atoms with Crippen LogP contribution in [0.4, 0.5) is 4.39 Å². The average Bonchev–Trinajstić information content (AvgIpc) is 2.65. The Labute approximate surface area is 111 Å². The summed E-state index contributed by atoms with van der Waals surface area (Å²) in [6.45, 7) is 0. The predicted octanol–water partition coefficient (Wildman–Crippen LogP) is 2.57. The summed E-state index contributed by atoms with van der Waals surface area (Å²) in [5, 5.41) is 12.1. The summed E-state index contributed by atoms with van der Waals surface area (Å²) in [5.41, 5.74) is -0.612. The van der Waals surface area contributed by atoms with Gasteiger partial charge in [-0.15, -0.1) is 0 Å². The topological polar surface area (TPSA) is 65.8 Å². The minimum atomic E-state index is -0.812. The molecule has 1 N–H and O–H groups in total. The Balaban J connectivity index is 2.14. The number of rotatable bonds is 2. The second-order valence-electron chi connectivity index (χ2n) is 4.93. The van der Waals surface area contributed by atoms with E-state index in [1.54, 1.807) is 0 Å². The standard InChI is InChI=1S/C14H16FN3O/c15-12-9-11(5-8-17-12)13(19)18-14(10-16)6-3-1-2-4-7-14/h5,8-9H,1-4,6-7H2,(H,18,19). The molecule has 100 valence electrons. The average molecular weight is 261 g/mol. The minimum absolute atomic E-state index is 0.200. The molecule has 1 saturated carbocycles. The van der Waals surface area contributed by atoms with Gasteiger partial charge in [0, 0.05) is 17.8 Å². The zero-order chi connectivity index (χ0) is 13.7. The molecule has 0 aliphatic heterocycles. The first-order valence-corrected chi connectivity index (χ1v) is 6.50. The highest BCUT2D eigenvalue weighted by Gasteiger charge is 2.32. The lowest BCUT2D eigenvalue weighted by molar-refractivity contribution is 0.0912. The molecule has 0 radical (unpaired) electrons. The molecule has 0 atom stereocenters. The van der Waals surface area contributed by atoms with Crippen LogP contribution in [0.3, 0.4) is 0 Å². The van der Waals surface area contributed by atoms with Crippen LogP contribution in [-0.4, -0.2) is 16.4 Å². The molecular weight excluding hydrogens is 245 g/mol. The van der Waals surface area contributed by atoms with E-state index in [-0.39, 0.29) is 5.56 Å². The van der Waals surface area contributed by atoms with Gasteiger partial charge in [-0.2, -0.15) is 9.65 Å². The van der Waals surface area contributed by atoms with Gasteiger partial charge in [-0.3, -0.25) is 4.79 Å². The van der Waals surface area contributed by atoms with E-state index >= 15 is 0 Å². The van der Waals surface area contributed by atoms with Crippen molar-refractivity contribution in [3.63, 3.8) is 0 Å². The number of pyridine rings is 1. The number of hydrogen-bond donors (Lipinski definition) is 1. The van der Waals surface area contributed by atoms with Gasteiger partial charge in [0.15, 0.2) is 0 Å². The van der Waals surface area contributed by atoms with Gasteiger partial charge in [0.2, 0.25) is 5.95 Å². The number of nitrogens with one attached hydrogen (secondary N) is 1. The third kappa shape index (κ3) is 3.28. The van der Waals surface area contributed by atoms with Crippen LogP contribution >= 0.6 is 0 Å². The second kappa shape index (κ2) is 5.79. The molecule has 1 aromatic heterocycles. The molecule has 0 saturated heterocycles. The van der Waals surface area contributed by atoms with Crippen molar-refractivity contribution in [1.82, 2.24) is 10.3 Å². The molecule has 4 nitrogen and oxygen atoms in total. The number of aromatic nitrogens is 1. The first kappa shape index (κ1) is 13.5. The number of carbonyl (C=O) groups excluding carboxylic acids is 1. The van der Waals surface area contributed by atoms with Gasteiger partial charge in [0.25, 0.3) is 5.91 Å². The Kier molecular flexibility index (Phi) is 4.10. The zero-order valence-corrected chi connectivity index (χ0v) is 10.7. The lowest BCUT2D eigenvalue weighted by Crippen LogP contribution is -2.47. The largest absolute Gasteiger partial charge is 0.334 e. The number of halogens is 1. The number of nitrogens with zero attached hydrogens (tertiary/aromatic N) is 2. The predicted molar refractivity (Wildman–Crippen MR) is 67.7 cm³/mol. The van der Waals surface area contributed by atoms with Crippen LogP contribution in [0, 0.1) is 17.3 Å². The molecule has 0 unspecified atom stereocenters. The summed E-state index contributed by atoms with van der Waals surface area (Å²) in [7, 11) is 0. The van der Waals surface area contributed by atoms with E-state index in [0.717, 1.165) is 31.7 Å². The van der Waals surface area contributed by atoms with Gasteiger partial charge >= 0.3 is 0 Å². The van der Waals surface area contributed by atoms with Gasteiger partial charge in [-0.05, 0) is 18.9 Å². The summed E-state index contributed by atoms with van der Waals surface area (Å²) in [5.74, 6) is -1.11. The van der Waals surface area contributed by atoms with Crippen LogP contribution in [0.15, 0.2) is 18.3 Å². The fourth-order valence-corrected chi connectivity index (χ4v) is 2.43. The minimum Gasteiger partial charge on any atom is -0.334 e. The molecular formula is C14H16FN3O. The van der Waals surface area contributed by atoms with E-state index < -0.39 is 17.4 Å². The van der Waals surface area contributed by atoms with Crippen molar-refractivity contribution in [2.24, 2.45) is 0 Å². The highest BCUT2D eigenvalue weighted by molar-refractivity contribution is 5.94.